The SMILES string of the molecule is CCNc1nc(Sc2nccc(C)n2)c2cn[nH]c2n1. The number of aromatic amines is 1. The number of rotatable bonds is 4. The molecule has 0 aliphatic heterocycles. The van der Waals surface area contributed by atoms with Gasteiger partial charge in [-0.2, -0.15) is 10.1 Å². The molecule has 0 spiro atoms. The van der Waals surface area contributed by atoms with Crippen LogP contribution in [0, 0.1) is 6.92 Å². The van der Waals surface area contributed by atoms with Crippen LogP contribution in [-0.4, -0.2) is 36.7 Å². The first kappa shape index (κ1) is 12.8. The molecule has 7 nitrogen and oxygen atoms in total. The molecule has 3 aromatic rings. The van der Waals surface area contributed by atoms with Crippen LogP contribution >= 0.6 is 11.8 Å². The van der Waals surface area contributed by atoms with E-state index in [2.05, 4.69) is 35.5 Å². The summed E-state index contributed by atoms with van der Waals surface area (Å²) in [7, 11) is 0. The molecule has 0 unspecified atom stereocenters. The van der Waals surface area contributed by atoms with Crippen molar-refractivity contribution in [3.8, 4) is 0 Å². The molecule has 0 fully saturated rings. The van der Waals surface area contributed by atoms with Gasteiger partial charge in [-0.25, -0.2) is 15.0 Å². The molecule has 8 heteroatoms. The molecule has 0 aliphatic rings. The van der Waals surface area contributed by atoms with Gasteiger partial charge in [0, 0.05) is 18.4 Å². The zero-order valence-corrected chi connectivity index (χ0v) is 11.9. The lowest BCUT2D eigenvalue weighted by atomic mass is 10.4. The van der Waals surface area contributed by atoms with E-state index < -0.39 is 0 Å². The Labute approximate surface area is 119 Å². The van der Waals surface area contributed by atoms with Gasteiger partial charge < -0.3 is 5.32 Å². The summed E-state index contributed by atoms with van der Waals surface area (Å²) in [4.78, 5) is 17.5. The van der Waals surface area contributed by atoms with E-state index in [4.69, 9.17) is 0 Å². The van der Waals surface area contributed by atoms with Crippen LogP contribution in [0.1, 0.15) is 12.6 Å². The van der Waals surface area contributed by atoms with Crippen molar-refractivity contribution in [1.29, 1.82) is 0 Å². The van der Waals surface area contributed by atoms with Crippen LogP contribution in [0.15, 0.2) is 28.6 Å². The summed E-state index contributed by atoms with van der Waals surface area (Å²) in [5, 5.41) is 12.3. The molecular weight excluding hydrogens is 274 g/mol. The van der Waals surface area contributed by atoms with Crippen molar-refractivity contribution in [3.05, 3.63) is 24.2 Å². The number of aromatic nitrogens is 6. The number of nitrogens with one attached hydrogen (secondary N) is 2. The highest BCUT2D eigenvalue weighted by molar-refractivity contribution is 7.99. The summed E-state index contributed by atoms with van der Waals surface area (Å²) >= 11 is 1.40. The molecule has 3 aromatic heterocycles. The molecule has 0 saturated carbocycles. The van der Waals surface area contributed by atoms with Gasteiger partial charge in [-0.3, -0.25) is 5.10 Å². The monoisotopic (exact) mass is 287 g/mol. The minimum atomic E-state index is 0.569. The Bertz CT molecular complexity index is 740. The fourth-order valence-electron chi connectivity index (χ4n) is 1.68. The van der Waals surface area contributed by atoms with E-state index in [1.807, 2.05) is 19.9 Å². The molecule has 20 heavy (non-hydrogen) atoms. The summed E-state index contributed by atoms with van der Waals surface area (Å²) in [6.07, 6.45) is 3.45. The van der Waals surface area contributed by atoms with E-state index in [1.165, 1.54) is 11.8 Å². The van der Waals surface area contributed by atoms with Crippen LogP contribution in [0.25, 0.3) is 11.0 Å². The Morgan fingerprint density at radius 3 is 3.00 bits per heavy atom. The number of nitrogens with zero attached hydrogens (tertiary/aromatic N) is 5. The molecule has 2 N–H and O–H groups in total. The quantitative estimate of drug-likeness (QED) is 0.560. The van der Waals surface area contributed by atoms with E-state index in [0.717, 1.165) is 22.7 Å². The summed E-state index contributed by atoms with van der Waals surface area (Å²) in [6, 6.07) is 1.86. The molecule has 3 rings (SSSR count). The van der Waals surface area contributed by atoms with Crippen LogP contribution < -0.4 is 5.32 Å². The molecule has 0 bridgehead atoms. The average Bonchev–Trinajstić information content (AvgIpc) is 2.87. The second-order valence-corrected chi connectivity index (χ2v) is 5.05. The van der Waals surface area contributed by atoms with E-state index in [0.29, 0.717) is 16.8 Å². The van der Waals surface area contributed by atoms with Gasteiger partial charge in [0.25, 0.3) is 0 Å². The Kier molecular flexibility index (Phi) is 3.46. The minimum Gasteiger partial charge on any atom is -0.354 e. The van der Waals surface area contributed by atoms with Crippen molar-refractivity contribution in [3.63, 3.8) is 0 Å². The van der Waals surface area contributed by atoms with Gasteiger partial charge in [-0.1, -0.05) is 0 Å². The van der Waals surface area contributed by atoms with Crippen LogP contribution in [0.3, 0.4) is 0 Å². The first-order valence-electron chi connectivity index (χ1n) is 6.18. The third-order valence-corrected chi connectivity index (χ3v) is 3.45. The maximum atomic E-state index is 4.49. The van der Waals surface area contributed by atoms with Crippen molar-refractivity contribution < 1.29 is 0 Å². The lowest BCUT2D eigenvalue weighted by Crippen LogP contribution is -2.03. The van der Waals surface area contributed by atoms with Crippen LogP contribution in [0.2, 0.25) is 0 Å². The van der Waals surface area contributed by atoms with Gasteiger partial charge in [0.15, 0.2) is 10.8 Å². The first-order chi connectivity index (χ1) is 9.76. The molecule has 0 aromatic carbocycles. The predicted molar refractivity (Wildman–Crippen MR) is 76.7 cm³/mol. The van der Waals surface area contributed by atoms with E-state index in [-0.39, 0.29) is 0 Å². The summed E-state index contributed by atoms with van der Waals surface area (Å²) in [5.41, 5.74) is 1.62. The lowest BCUT2D eigenvalue weighted by molar-refractivity contribution is 0.927. The Balaban J connectivity index is 2.02. The van der Waals surface area contributed by atoms with E-state index in [9.17, 15) is 0 Å². The zero-order valence-electron chi connectivity index (χ0n) is 11.1. The molecule has 0 atom stereocenters. The van der Waals surface area contributed by atoms with Gasteiger partial charge in [0.1, 0.15) is 5.03 Å². The van der Waals surface area contributed by atoms with Gasteiger partial charge in [0.05, 0.1) is 11.6 Å². The third-order valence-electron chi connectivity index (χ3n) is 2.57. The molecule has 0 radical (unpaired) electrons. The second kappa shape index (κ2) is 5.41. The molecule has 0 amide bonds. The van der Waals surface area contributed by atoms with Gasteiger partial charge >= 0.3 is 0 Å². The highest BCUT2D eigenvalue weighted by atomic mass is 32.2. The van der Waals surface area contributed by atoms with Crippen LogP contribution in [0.5, 0.6) is 0 Å². The molecule has 3 heterocycles. The van der Waals surface area contributed by atoms with Crippen molar-refractivity contribution in [2.45, 2.75) is 24.0 Å². The average molecular weight is 287 g/mol. The second-order valence-electron chi connectivity index (χ2n) is 4.10. The topological polar surface area (TPSA) is 92.3 Å². The summed E-state index contributed by atoms with van der Waals surface area (Å²) < 4.78 is 0. The number of fused-ring (bicyclic) bond motifs is 1. The number of H-pyrrole nitrogens is 1. The third kappa shape index (κ3) is 2.55. The Morgan fingerprint density at radius 2 is 2.20 bits per heavy atom. The number of anilines is 1. The van der Waals surface area contributed by atoms with Crippen LogP contribution in [0.4, 0.5) is 5.95 Å². The Hall–Kier alpha value is -2.22. The number of aryl methyl sites for hydroxylation is 1. The van der Waals surface area contributed by atoms with Gasteiger partial charge in [-0.05, 0) is 31.7 Å². The highest BCUT2D eigenvalue weighted by Gasteiger charge is 2.12. The van der Waals surface area contributed by atoms with Gasteiger partial charge in [0.2, 0.25) is 5.95 Å². The first-order valence-corrected chi connectivity index (χ1v) is 7.00. The number of hydrogen-bond acceptors (Lipinski definition) is 7. The highest BCUT2D eigenvalue weighted by Crippen LogP contribution is 2.29. The molecule has 0 aliphatic carbocycles. The molecule has 0 saturated heterocycles. The normalized spacial score (nSPS) is 10.9. The van der Waals surface area contributed by atoms with Crippen molar-refractivity contribution in [2.75, 3.05) is 11.9 Å². The predicted octanol–water partition coefficient (Wildman–Crippen LogP) is 2.03. The zero-order chi connectivity index (χ0) is 13.9. The number of hydrogen-bond donors (Lipinski definition) is 2. The standard InChI is InChI=1S/C12H13N7S/c1-3-13-11-17-9-8(6-15-19-9)10(18-11)20-12-14-5-4-7(2)16-12/h4-6H,3H2,1-2H3,(H2,13,15,17,18,19). The fourth-order valence-corrected chi connectivity index (χ4v) is 2.55. The van der Waals surface area contributed by atoms with E-state index in [1.54, 1.807) is 12.4 Å². The lowest BCUT2D eigenvalue weighted by Gasteiger charge is -2.05. The maximum absolute atomic E-state index is 4.49. The minimum absolute atomic E-state index is 0.569. The van der Waals surface area contributed by atoms with Crippen molar-refractivity contribution in [2.24, 2.45) is 0 Å². The largest absolute Gasteiger partial charge is 0.354 e. The molecular formula is C12H13N7S. The molecule has 102 valence electrons. The smallest absolute Gasteiger partial charge is 0.225 e. The van der Waals surface area contributed by atoms with Gasteiger partial charge in [-0.15, -0.1) is 0 Å². The summed E-state index contributed by atoms with van der Waals surface area (Å²) in [6.45, 7) is 4.69. The van der Waals surface area contributed by atoms with Crippen molar-refractivity contribution >= 4 is 28.7 Å². The fraction of sp³-hybridized carbons (Fsp3) is 0.250. The maximum Gasteiger partial charge on any atom is 0.225 e. The van der Waals surface area contributed by atoms with Crippen molar-refractivity contribution in [1.82, 2.24) is 30.1 Å². The summed E-state index contributed by atoms with van der Waals surface area (Å²) in [5.74, 6) is 0.569. The Morgan fingerprint density at radius 1 is 1.30 bits per heavy atom. The van der Waals surface area contributed by atoms with E-state index >= 15 is 0 Å². The van der Waals surface area contributed by atoms with Crippen LogP contribution in [-0.2, 0) is 0 Å².